The van der Waals surface area contributed by atoms with E-state index in [0.29, 0.717) is 40.4 Å². The number of hydrogen-bond donors (Lipinski definition) is 2. The van der Waals surface area contributed by atoms with Gasteiger partial charge in [-0.1, -0.05) is 11.6 Å². The second-order valence-electron chi connectivity index (χ2n) is 9.99. The van der Waals surface area contributed by atoms with E-state index in [2.05, 4.69) is 15.4 Å². The van der Waals surface area contributed by atoms with Gasteiger partial charge in [-0.25, -0.2) is 0 Å². The van der Waals surface area contributed by atoms with Crippen molar-refractivity contribution >= 4 is 17.5 Å². The first-order chi connectivity index (χ1) is 17.1. The average molecular weight is 519 g/mol. The van der Waals surface area contributed by atoms with Gasteiger partial charge in [0.05, 0.1) is 29.1 Å². The molecule has 2 bridgehead atoms. The molecule has 36 heavy (non-hydrogen) atoms. The number of alkyl halides is 3. The van der Waals surface area contributed by atoms with E-state index in [9.17, 15) is 23.1 Å². The summed E-state index contributed by atoms with van der Waals surface area (Å²) < 4.78 is 46.2. The average Bonchev–Trinajstić information content (AvgIpc) is 3.53. The third-order valence-electron chi connectivity index (χ3n) is 7.58. The van der Waals surface area contributed by atoms with E-state index in [-0.39, 0.29) is 23.4 Å². The number of rotatable bonds is 4. The Labute approximate surface area is 209 Å². The smallest absolute Gasteiger partial charge is 0.417 e. The topological polar surface area (TPSA) is 89.3 Å². The molecule has 2 N–H and O–H groups in total. The summed E-state index contributed by atoms with van der Waals surface area (Å²) in [5.41, 5.74) is 0.199. The summed E-state index contributed by atoms with van der Waals surface area (Å²) in [4.78, 5) is 17.0. The molecule has 3 aromatic rings. The zero-order chi connectivity index (χ0) is 25.3. The van der Waals surface area contributed by atoms with Crippen LogP contribution in [-0.2, 0) is 16.5 Å². The normalized spacial score (nSPS) is 28.7. The van der Waals surface area contributed by atoms with Crippen molar-refractivity contribution in [3.05, 3.63) is 65.1 Å². The molecule has 0 radical (unpaired) electrons. The summed E-state index contributed by atoms with van der Waals surface area (Å²) in [6, 6.07) is 7.30. The van der Waals surface area contributed by atoms with Crippen molar-refractivity contribution in [2.75, 3.05) is 0 Å². The van der Waals surface area contributed by atoms with Crippen LogP contribution in [0.2, 0.25) is 5.02 Å². The molecule has 0 saturated heterocycles. The first-order valence-electron chi connectivity index (χ1n) is 11.6. The fraction of sp³-hybridized carbons (Fsp3) is 0.400. The number of aliphatic hydroxyl groups excluding tert-OH is 1. The van der Waals surface area contributed by atoms with Crippen molar-refractivity contribution in [2.45, 2.75) is 61.6 Å². The van der Waals surface area contributed by atoms with E-state index in [1.807, 2.05) is 4.68 Å². The second-order valence-corrected chi connectivity index (χ2v) is 10.4. The first kappa shape index (κ1) is 23.3. The minimum Gasteiger partial charge on any atom is -0.480 e. The molecule has 2 atom stereocenters. The first-order valence-corrected chi connectivity index (χ1v) is 12.0. The number of aromatic nitrogens is 3. The van der Waals surface area contributed by atoms with Crippen LogP contribution in [0.3, 0.4) is 0 Å². The monoisotopic (exact) mass is 518 g/mol. The van der Waals surface area contributed by atoms with Gasteiger partial charge >= 0.3 is 6.18 Å². The lowest BCUT2D eigenvalue weighted by atomic mass is 9.71. The lowest BCUT2D eigenvalue weighted by Crippen LogP contribution is -2.61. The molecule has 7 rings (SSSR count). The van der Waals surface area contributed by atoms with Gasteiger partial charge in [-0.3, -0.25) is 14.5 Å². The summed E-state index contributed by atoms with van der Waals surface area (Å²) in [5, 5.41) is 18.6. The lowest BCUT2D eigenvalue weighted by molar-refractivity contribution is -0.138. The molecule has 188 valence electrons. The van der Waals surface area contributed by atoms with Crippen molar-refractivity contribution in [3.8, 4) is 17.0 Å². The highest BCUT2D eigenvalue weighted by atomic mass is 35.5. The Morgan fingerprint density at radius 1 is 1.19 bits per heavy atom. The fourth-order valence-electron chi connectivity index (χ4n) is 5.83. The Balaban J connectivity index is 1.12. The third-order valence-corrected chi connectivity index (χ3v) is 7.81. The SMILES string of the molecule is O=C(NC12CCC(n3cc(-c4ccc(C(F)(F)F)cn4)cn3)(C1)C2)[C@H]1C[C@@H](O)c2cc(Cl)ccc2O1. The third kappa shape index (κ3) is 3.83. The van der Waals surface area contributed by atoms with Crippen LogP contribution in [0.25, 0.3) is 11.3 Å². The quantitative estimate of drug-likeness (QED) is 0.525. The van der Waals surface area contributed by atoms with Crippen molar-refractivity contribution < 1.29 is 27.8 Å². The van der Waals surface area contributed by atoms with Gasteiger partial charge in [-0.2, -0.15) is 18.3 Å². The van der Waals surface area contributed by atoms with Gasteiger partial charge in [0.15, 0.2) is 6.10 Å². The van der Waals surface area contributed by atoms with Crippen molar-refractivity contribution in [1.29, 1.82) is 0 Å². The van der Waals surface area contributed by atoms with Crippen molar-refractivity contribution in [1.82, 2.24) is 20.1 Å². The molecule has 2 aromatic heterocycles. The molecule has 0 unspecified atom stereocenters. The number of carbonyl (C=O) groups excluding carboxylic acids is 1. The number of amides is 1. The molecule has 1 amide bonds. The Hall–Kier alpha value is -3.11. The minimum atomic E-state index is -4.43. The van der Waals surface area contributed by atoms with Crippen LogP contribution in [0.1, 0.15) is 49.3 Å². The van der Waals surface area contributed by atoms with Gasteiger partial charge < -0.3 is 15.2 Å². The number of carbonyl (C=O) groups is 1. The Bertz CT molecular complexity index is 1340. The Morgan fingerprint density at radius 2 is 2.00 bits per heavy atom. The summed E-state index contributed by atoms with van der Waals surface area (Å²) >= 11 is 6.00. The maximum atomic E-state index is 13.1. The predicted octanol–water partition coefficient (Wildman–Crippen LogP) is 4.64. The van der Waals surface area contributed by atoms with Gasteiger partial charge in [-0.05, 0) is 56.0 Å². The Morgan fingerprint density at radius 3 is 2.72 bits per heavy atom. The lowest BCUT2D eigenvalue weighted by Gasteiger charge is -2.48. The number of aliphatic hydroxyl groups is 1. The number of fused-ring (bicyclic) bond motifs is 2. The standard InChI is InChI=1S/C25H22ClF3N4O3/c26-16-2-4-20-17(7-16)19(34)8-21(36-20)22(35)32-23-5-6-24(12-23,13-23)33-11-14(9-31-33)18-3-1-15(10-30-18)25(27,28)29/h1-4,7,9-11,19,21,34H,5-6,8,12-13H2,(H,32,35)/t19-,21-,23?,24?/m1/s1. The molecular formula is C25H22ClF3N4O3. The van der Waals surface area contributed by atoms with E-state index in [1.165, 1.54) is 6.07 Å². The zero-order valence-electron chi connectivity index (χ0n) is 18.9. The van der Waals surface area contributed by atoms with Gasteiger partial charge in [0.1, 0.15) is 5.75 Å². The van der Waals surface area contributed by atoms with Crippen LogP contribution < -0.4 is 10.1 Å². The summed E-state index contributed by atoms with van der Waals surface area (Å²) in [6.07, 6.45) is 1.24. The molecule has 3 heterocycles. The van der Waals surface area contributed by atoms with E-state index >= 15 is 0 Å². The van der Waals surface area contributed by atoms with Crippen LogP contribution in [-0.4, -0.2) is 37.4 Å². The molecule has 3 fully saturated rings. The number of benzene rings is 1. The molecule has 0 spiro atoms. The Kier molecular flexibility index (Phi) is 5.14. The molecule has 1 aliphatic heterocycles. The fourth-order valence-corrected chi connectivity index (χ4v) is 6.01. The molecule has 1 aromatic carbocycles. The van der Waals surface area contributed by atoms with Crippen molar-refractivity contribution in [2.24, 2.45) is 0 Å². The van der Waals surface area contributed by atoms with Crippen LogP contribution in [0.15, 0.2) is 48.9 Å². The summed E-state index contributed by atoms with van der Waals surface area (Å²) in [6.45, 7) is 0. The van der Waals surface area contributed by atoms with Crippen LogP contribution in [0, 0.1) is 0 Å². The van der Waals surface area contributed by atoms with Crippen LogP contribution in [0.5, 0.6) is 5.75 Å². The van der Waals surface area contributed by atoms with Crippen LogP contribution >= 0.6 is 11.6 Å². The largest absolute Gasteiger partial charge is 0.480 e. The molecule has 3 aliphatic carbocycles. The zero-order valence-corrected chi connectivity index (χ0v) is 19.7. The minimum absolute atomic E-state index is 0.142. The highest BCUT2D eigenvalue weighted by molar-refractivity contribution is 6.30. The molecular weight excluding hydrogens is 497 g/mol. The van der Waals surface area contributed by atoms with E-state index in [0.717, 1.165) is 25.1 Å². The number of pyridine rings is 1. The number of halogens is 4. The maximum Gasteiger partial charge on any atom is 0.417 e. The van der Waals surface area contributed by atoms with E-state index in [4.69, 9.17) is 16.3 Å². The van der Waals surface area contributed by atoms with E-state index in [1.54, 1.807) is 30.6 Å². The molecule has 3 saturated carbocycles. The number of hydrogen-bond acceptors (Lipinski definition) is 5. The van der Waals surface area contributed by atoms with Crippen molar-refractivity contribution in [3.63, 3.8) is 0 Å². The second kappa shape index (κ2) is 7.94. The van der Waals surface area contributed by atoms with Gasteiger partial charge in [0, 0.05) is 40.5 Å². The number of nitrogens with zero attached hydrogens (tertiary/aromatic N) is 3. The molecule has 4 aliphatic rings. The molecule has 11 heteroatoms. The highest BCUT2D eigenvalue weighted by Crippen LogP contribution is 2.59. The summed E-state index contributed by atoms with van der Waals surface area (Å²) in [5.74, 6) is 0.186. The number of nitrogens with one attached hydrogen (secondary N) is 1. The van der Waals surface area contributed by atoms with Gasteiger partial charge in [-0.15, -0.1) is 0 Å². The van der Waals surface area contributed by atoms with Gasteiger partial charge in [0.25, 0.3) is 5.91 Å². The molecule has 7 nitrogen and oxygen atoms in total. The van der Waals surface area contributed by atoms with E-state index < -0.39 is 23.9 Å². The van der Waals surface area contributed by atoms with Gasteiger partial charge in [0.2, 0.25) is 0 Å². The maximum absolute atomic E-state index is 13.1. The van der Waals surface area contributed by atoms with Crippen LogP contribution in [0.4, 0.5) is 13.2 Å². The predicted molar refractivity (Wildman–Crippen MR) is 123 cm³/mol. The highest BCUT2D eigenvalue weighted by Gasteiger charge is 2.63. The summed E-state index contributed by atoms with van der Waals surface area (Å²) in [7, 11) is 0. The number of ether oxygens (including phenoxy) is 1.